The number of ether oxygens (including phenoxy) is 1. The zero-order valence-electron chi connectivity index (χ0n) is 8.75. The average Bonchev–Trinajstić information content (AvgIpc) is 2.55. The minimum Gasteiger partial charge on any atom is -0.449 e. The fourth-order valence-corrected chi connectivity index (χ4v) is 2.97. The van der Waals surface area contributed by atoms with Crippen molar-refractivity contribution in [1.82, 2.24) is 5.32 Å². The van der Waals surface area contributed by atoms with E-state index < -0.39 is 5.60 Å². The van der Waals surface area contributed by atoms with Crippen molar-refractivity contribution in [2.45, 2.75) is 18.4 Å². The normalized spacial score (nSPS) is 27.9. The summed E-state index contributed by atoms with van der Waals surface area (Å²) in [6, 6.07) is 5.39. The molecule has 1 spiro atoms. The Labute approximate surface area is 98.7 Å². The number of esters is 1. The lowest BCUT2D eigenvalue weighted by atomic mass is 9.86. The molecule has 2 heterocycles. The van der Waals surface area contributed by atoms with Crippen LogP contribution in [-0.4, -0.2) is 19.1 Å². The lowest BCUT2D eigenvalue weighted by Gasteiger charge is -2.33. The maximum atomic E-state index is 11.8. The smallest absolute Gasteiger partial charge is 0.339 e. The molecule has 1 atom stereocenters. The third kappa shape index (κ3) is 1.28. The van der Waals surface area contributed by atoms with Crippen LogP contribution >= 0.6 is 11.6 Å². The van der Waals surface area contributed by atoms with Crippen LogP contribution in [0.3, 0.4) is 0 Å². The van der Waals surface area contributed by atoms with Crippen LogP contribution in [0, 0.1) is 0 Å². The molecule has 0 aromatic heterocycles. The van der Waals surface area contributed by atoms with Gasteiger partial charge in [-0.1, -0.05) is 17.7 Å². The van der Waals surface area contributed by atoms with Crippen molar-refractivity contribution < 1.29 is 9.53 Å². The Bertz CT molecular complexity index is 452. The Kier molecular flexibility index (Phi) is 2.19. The second-order valence-electron chi connectivity index (χ2n) is 4.33. The molecule has 1 saturated heterocycles. The number of piperidine rings is 1. The quantitative estimate of drug-likeness (QED) is 0.703. The van der Waals surface area contributed by atoms with Crippen LogP contribution in [0.25, 0.3) is 0 Å². The summed E-state index contributed by atoms with van der Waals surface area (Å²) < 4.78 is 5.56. The molecular weight excluding hydrogens is 226 g/mol. The summed E-state index contributed by atoms with van der Waals surface area (Å²) in [5.74, 6) is -0.249. The van der Waals surface area contributed by atoms with Gasteiger partial charge in [0.1, 0.15) is 0 Å². The maximum absolute atomic E-state index is 11.8. The zero-order chi connectivity index (χ0) is 11.2. The number of hydrogen-bond acceptors (Lipinski definition) is 3. The van der Waals surface area contributed by atoms with Crippen LogP contribution < -0.4 is 5.32 Å². The standard InChI is InChI=1S/C12H12ClNO2/c13-9-4-1-3-8-10(9)12(16-11(8)15)5-2-6-14-7-12/h1,3-4,14H,2,5-7H2. The molecule has 0 aliphatic carbocycles. The summed E-state index contributed by atoms with van der Waals surface area (Å²) in [7, 11) is 0. The summed E-state index contributed by atoms with van der Waals surface area (Å²) >= 11 is 6.20. The fraction of sp³-hybridized carbons (Fsp3) is 0.417. The average molecular weight is 238 g/mol. The van der Waals surface area contributed by atoms with Crippen molar-refractivity contribution in [3.63, 3.8) is 0 Å². The molecule has 0 bridgehead atoms. The zero-order valence-corrected chi connectivity index (χ0v) is 9.51. The molecule has 1 aromatic carbocycles. The molecule has 4 heteroatoms. The van der Waals surface area contributed by atoms with Gasteiger partial charge in [0.25, 0.3) is 0 Å². The van der Waals surface area contributed by atoms with Crippen molar-refractivity contribution in [1.29, 1.82) is 0 Å². The first-order chi connectivity index (χ1) is 7.73. The molecule has 1 N–H and O–H groups in total. The summed E-state index contributed by atoms with van der Waals surface area (Å²) in [4.78, 5) is 11.8. The second-order valence-corrected chi connectivity index (χ2v) is 4.73. The first-order valence-electron chi connectivity index (χ1n) is 5.46. The van der Waals surface area contributed by atoms with Crippen LogP contribution in [0.4, 0.5) is 0 Å². The largest absolute Gasteiger partial charge is 0.449 e. The number of carbonyl (C=O) groups excluding carboxylic acids is 1. The van der Waals surface area contributed by atoms with E-state index in [-0.39, 0.29) is 5.97 Å². The monoisotopic (exact) mass is 237 g/mol. The van der Waals surface area contributed by atoms with Gasteiger partial charge in [-0.3, -0.25) is 0 Å². The van der Waals surface area contributed by atoms with Crippen LogP contribution in [0.15, 0.2) is 18.2 Å². The van der Waals surface area contributed by atoms with Gasteiger partial charge in [-0.15, -0.1) is 0 Å². The molecule has 0 radical (unpaired) electrons. The highest BCUT2D eigenvalue weighted by Crippen LogP contribution is 2.44. The lowest BCUT2D eigenvalue weighted by Crippen LogP contribution is -2.43. The maximum Gasteiger partial charge on any atom is 0.339 e. The molecule has 1 aromatic rings. The van der Waals surface area contributed by atoms with E-state index in [1.54, 1.807) is 12.1 Å². The molecule has 1 unspecified atom stereocenters. The first-order valence-corrected chi connectivity index (χ1v) is 5.84. The lowest BCUT2D eigenvalue weighted by molar-refractivity contribution is -0.0203. The van der Waals surface area contributed by atoms with E-state index in [1.165, 1.54) is 0 Å². The van der Waals surface area contributed by atoms with E-state index in [4.69, 9.17) is 16.3 Å². The number of rotatable bonds is 0. The van der Waals surface area contributed by atoms with Gasteiger partial charge in [0.05, 0.1) is 5.56 Å². The van der Waals surface area contributed by atoms with E-state index in [0.29, 0.717) is 17.1 Å². The predicted molar refractivity (Wildman–Crippen MR) is 60.6 cm³/mol. The van der Waals surface area contributed by atoms with Crippen LogP contribution in [0.1, 0.15) is 28.8 Å². The van der Waals surface area contributed by atoms with Crippen molar-refractivity contribution in [2.24, 2.45) is 0 Å². The van der Waals surface area contributed by atoms with Gasteiger partial charge in [-0.25, -0.2) is 4.79 Å². The molecule has 2 aliphatic rings. The SMILES string of the molecule is O=C1OC2(CCCNC2)c2c(Cl)cccc21. The van der Waals surface area contributed by atoms with Gasteiger partial charge in [-0.05, 0) is 31.5 Å². The summed E-state index contributed by atoms with van der Waals surface area (Å²) in [6.07, 6.45) is 1.85. The molecule has 0 saturated carbocycles. The highest BCUT2D eigenvalue weighted by molar-refractivity contribution is 6.32. The van der Waals surface area contributed by atoms with E-state index in [2.05, 4.69) is 5.32 Å². The van der Waals surface area contributed by atoms with Crippen molar-refractivity contribution >= 4 is 17.6 Å². The minimum atomic E-state index is -0.525. The summed E-state index contributed by atoms with van der Waals surface area (Å²) in [6.45, 7) is 1.63. The van der Waals surface area contributed by atoms with Gasteiger partial charge in [0.15, 0.2) is 5.60 Å². The third-order valence-electron chi connectivity index (χ3n) is 3.32. The number of carbonyl (C=O) groups is 1. The van der Waals surface area contributed by atoms with Crippen LogP contribution in [0.2, 0.25) is 5.02 Å². The molecule has 84 valence electrons. The first kappa shape index (κ1) is 10.1. The molecule has 2 aliphatic heterocycles. The molecule has 3 nitrogen and oxygen atoms in total. The Morgan fingerprint density at radius 3 is 3.06 bits per heavy atom. The predicted octanol–water partition coefficient (Wildman–Crippen LogP) is 2.09. The van der Waals surface area contributed by atoms with Gasteiger partial charge in [0.2, 0.25) is 0 Å². The Balaban J connectivity index is 2.16. The minimum absolute atomic E-state index is 0.249. The Morgan fingerprint density at radius 1 is 1.44 bits per heavy atom. The molecule has 1 fully saturated rings. The van der Waals surface area contributed by atoms with Crippen molar-refractivity contribution in [2.75, 3.05) is 13.1 Å². The molecule has 16 heavy (non-hydrogen) atoms. The third-order valence-corrected chi connectivity index (χ3v) is 3.64. The van der Waals surface area contributed by atoms with Gasteiger partial charge < -0.3 is 10.1 Å². The van der Waals surface area contributed by atoms with E-state index in [9.17, 15) is 4.79 Å². The summed E-state index contributed by atoms with van der Waals surface area (Å²) in [5.41, 5.74) is 0.966. The van der Waals surface area contributed by atoms with Gasteiger partial charge in [-0.2, -0.15) is 0 Å². The van der Waals surface area contributed by atoms with E-state index >= 15 is 0 Å². The van der Waals surface area contributed by atoms with Crippen LogP contribution in [-0.2, 0) is 10.3 Å². The Morgan fingerprint density at radius 2 is 2.31 bits per heavy atom. The topological polar surface area (TPSA) is 38.3 Å². The number of halogens is 1. The van der Waals surface area contributed by atoms with E-state index in [0.717, 1.165) is 24.9 Å². The number of fused-ring (bicyclic) bond motifs is 2. The fourth-order valence-electron chi connectivity index (χ4n) is 2.62. The Hall–Kier alpha value is -1.06. The number of nitrogens with one attached hydrogen (secondary N) is 1. The highest BCUT2D eigenvalue weighted by atomic mass is 35.5. The molecule has 0 amide bonds. The van der Waals surface area contributed by atoms with E-state index in [1.807, 2.05) is 6.07 Å². The number of hydrogen-bond donors (Lipinski definition) is 1. The van der Waals surface area contributed by atoms with Crippen molar-refractivity contribution in [3.8, 4) is 0 Å². The van der Waals surface area contributed by atoms with Crippen LogP contribution in [0.5, 0.6) is 0 Å². The van der Waals surface area contributed by atoms with Gasteiger partial charge in [0, 0.05) is 17.1 Å². The van der Waals surface area contributed by atoms with Gasteiger partial charge >= 0.3 is 5.97 Å². The summed E-state index contributed by atoms with van der Waals surface area (Å²) in [5, 5.41) is 3.90. The molecule has 3 rings (SSSR count). The highest BCUT2D eigenvalue weighted by Gasteiger charge is 2.47. The van der Waals surface area contributed by atoms with Crippen molar-refractivity contribution in [3.05, 3.63) is 34.3 Å². The molecular formula is C12H12ClNO2. The second kappa shape index (κ2) is 3.47. The number of benzene rings is 1.